The molecule has 24 heavy (non-hydrogen) atoms. The van der Waals surface area contributed by atoms with Gasteiger partial charge in [-0.05, 0) is 31.0 Å². The average Bonchev–Trinajstić information content (AvgIpc) is 2.84. The van der Waals surface area contributed by atoms with Crippen LogP contribution in [0.2, 0.25) is 10.0 Å². The maximum absolute atomic E-state index is 12.1. The van der Waals surface area contributed by atoms with Gasteiger partial charge in [0, 0.05) is 40.2 Å². The first-order valence-electron chi connectivity index (χ1n) is 7.41. The van der Waals surface area contributed by atoms with Crippen molar-refractivity contribution in [1.29, 1.82) is 0 Å². The first-order chi connectivity index (χ1) is 11.0. The van der Waals surface area contributed by atoms with Gasteiger partial charge in [-0.2, -0.15) is 0 Å². The van der Waals surface area contributed by atoms with Crippen LogP contribution < -0.4 is 5.32 Å². The zero-order chi connectivity index (χ0) is 16.8. The summed E-state index contributed by atoms with van der Waals surface area (Å²) in [6.45, 7) is 2.94. The molecule has 0 bridgehead atoms. The summed E-state index contributed by atoms with van der Waals surface area (Å²) in [5.74, 6) is 0.726. The van der Waals surface area contributed by atoms with Gasteiger partial charge >= 0.3 is 0 Å². The second-order valence-corrected chi connectivity index (χ2v) is 7.11. The minimum atomic E-state index is -0.0293. The van der Waals surface area contributed by atoms with E-state index in [2.05, 4.69) is 5.32 Å². The molecule has 8 heteroatoms. The molecule has 0 spiro atoms. The van der Waals surface area contributed by atoms with E-state index in [0.717, 1.165) is 22.0 Å². The SMILES string of the molecule is Br.CC1=C(CCO)SCN1CC(=O)NCCc1c(Cl)cccc1Cl. The van der Waals surface area contributed by atoms with E-state index in [0.29, 0.717) is 36.0 Å². The number of hydrogen-bond donors (Lipinski definition) is 2. The number of halogens is 3. The lowest BCUT2D eigenvalue weighted by Crippen LogP contribution is -2.36. The van der Waals surface area contributed by atoms with Crippen LogP contribution in [0.3, 0.4) is 0 Å². The standard InChI is InChI=1S/C16H20Cl2N2O2S.BrH/c1-11-15(6-8-21)23-10-20(11)9-16(22)19-7-5-12-13(17)3-2-4-14(12)18;/h2-4,21H,5-10H2,1H3,(H,19,22);1H. The first kappa shape index (κ1) is 21.6. The summed E-state index contributed by atoms with van der Waals surface area (Å²) in [5.41, 5.74) is 1.93. The molecule has 4 nitrogen and oxygen atoms in total. The molecule has 0 radical (unpaired) electrons. The number of carbonyl (C=O) groups excluding carboxylic acids is 1. The number of allylic oxidation sites excluding steroid dienone is 1. The van der Waals surface area contributed by atoms with Gasteiger partial charge in [0.2, 0.25) is 5.91 Å². The molecule has 1 heterocycles. The van der Waals surface area contributed by atoms with Crippen molar-refractivity contribution in [2.24, 2.45) is 0 Å². The Morgan fingerprint density at radius 3 is 2.62 bits per heavy atom. The number of rotatable bonds is 7. The summed E-state index contributed by atoms with van der Waals surface area (Å²) in [6, 6.07) is 5.39. The van der Waals surface area contributed by atoms with E-state index in [1.165, 1.54) is 0 Å². The Morgan fingerprint density at radius 1 is 1.33 bits per heavy atom. The number of aliphatic hydroxyl groups excluding tert-OH is 1. The van der Waals surface area contributed by atoms with Crippen LogP contribution in [0.1, 0.15) is 18.9 Å². The van der Waals surface area contributed by atoms with Crippen LogP contribution in [0.25, 0.3) is 0 Å². The smallest absolute Gasteiger partial charge is 0.239 e. The number of nitrogens with one attached hydrogen (secondary N) is 1. The fourth-order valence-corrected chi connectivity index (χ4v) is 4.14. The Balaban J connectivity index is 0.00000288. The predicted octanol–water partition coefficient (Wildman–Crippen LogP) is 3.85. The normalized spacial score (nSPS) is 13.9. The molecule has 0 saturated heterocycles. The molecule has 0 aromatic heterocycles. The fourth-order valence-electron chi connectivity index (χ4n) is 2.38. The van der Waals surface area contributed by atoms with Gasteiger partial charge in [-0.3, -0.25) is 4.79 Å². The number of hydrogen-bond acceptors (Lipinski definition) is 4. The molecule has 0 saturated carbocycles. The van der Waals surface area contributed by atoms with Crippen molar-refractivity contribution in [2.75, 3.05) is 25.6 Å². The van der Waals surface area contributed by atoms with Crippen LogP contribution in [0.4, 0.5) is 0 Å². The maximum Gasteiger partial charge on any atom is 0.239 e. The van der Waals surface area contributed by atoms with Crippen LogP contribution >= 0.6 is 51.9 Å². The second kappa shape index (κ2) is 10.6. The molecule has 0 fully saturated rings. The van der Waals surface area contributed by atoms with Gasteiger partial charge in [0.25, 0.3) is 0 Å². The van der Waals surface area contributed by atoms with Gasteiger partial charge in [0.05, 0.1) is 12.4 Å². The van der Waals surface area contributed by atoms with E-state index in [1.54, 1.807) is 30.0 Å². The molecule has 0 unspecified atom stereocenters. The van der Waals surface area contributed by atoms with Crippen molar-refractivity contribution in [3.05, 3.63) is 44.4 Å². The Morgan fingerprint density at radius 2 is 2.00 bits per heavy atom. The van der Waals surface area contributed by atoms with E-state index < -0.39 is 0 Å². The lowest BCUT2D eigenvalue weighted by Gasteiger charge is -2.18. The molecule has 0 atom stereocenters. The quantitative estimate of drug-likeness (QED) is 0.655. The molecule has 134 valence electrons. The van der Waals surface area contributed by atoms with E-state index in [9.17, 15) is 4.79 Å². The number of carbonyl (C=O) groups is 1. The zero-order valence-electron chi connectivity index (χ0n) is 13.3. The Bertz CT molecular complexity index is 593. The zero-order valence-corrected chi connectivity index (χ0v) is 17.4. The summed E-state index contributed by atoms with van der Waals surface area (Å²) < 4.78 is 0. The minimum Gasteiger partial charge on any atom is -0.396 e. The van der Waals surface area contributed by atoms with Gasteiger partial charge in [0.15, 0.2) is 0 Å². The van der Waals surface area contributed by atoms with Crippen molar-refractivity contribution < 1.29 is 9.90 Å². The van der Waals surface area contributed by atoms with Crippen LogP contribution in [0.15, 0.2) is 28.8 Å². The molecule has 1 aliphatic heterocycles. The molecule has 2 rings (SSSR count). The van der Waals surface area contributed by atoms with Gasteiger partial charge in [-0.1, -0.05) is 29.3 Å². The summed E-state index contributed by atoms with van der Waals surface area (Å²) in [6.07, 6.45) is 1.25. The lowest BCUT2D eigenvalue weighted by atomic mass is 10.1. The van der Waals surface area contributed by atoms with Gasteiger partial charge in [-0.15, -0.1) is 28.7 Å². The summed E-state index contributed by atoms with van der Waals surface area (Å²) in [4.78, 5) is 15.2. The Kier molecular flexibility index (Phi) is 9.52. The van der Waals surface area contributed by atoms with Crippen LogP contribution in [0, 0.1) is 0 Å². The van der Waals surface area contributed by atoms with Crippen LogP contribution in [-0.4, -0.2) is 41.5 Å². The van der Waals surface area contributed by atoms with Crippen molar-refractivity contribution in [3.63, 3.8) is 0 Å². The van der Waals surface area contributed by atoms with Gasteiger partial charge in [0.1, 0.15) is 0 Å². The molecule has 1 aromatic carbocycles. The largest absolute Gasteiger partial charge is 0.396 e. The van der Waals surface area contributed by atoms with Crippen LogP contribution in [-0.2, 0) is 11.2 Å². The third-order valence-electron chi connectivity index (χ3n) is 3.70. The molecular weight excluding hydrogens is 435 g/mol. The number of benzene rings is 1. The van der Waals surface area contributed by atoms with Gasteiger partial charge < -0.3 is 15.3 Å². The van der Waals surface area contributed by atoms with Crippen molar-refractivity contribution >= 4 is 57.9 Å². The van der Waals surface area contributed by atoms with Crippen molar-refractivity contribution in [2.45, 2.75) is 19.8 Å². The molecular formula is C16H21BrCl2N2O2S. The van der Waals surface area contributed by atoms with E-state index in [1.807, 2.05) is 11.8 Å². The molecule has 1 aliphatic rings. The van der Waals surface area contributed by atoms with Crippen molar-refractivity contribution in [1.82, 2.24) is 10.2 Å². The van der Waals surface area contributed by atoms with E-state index in [4.69, 9.17) is 28.3 Å². The van der Waals surface area contributed by atoms with E-state index in [-0.39, 0.29) is 29.5 Å². The Labute approximate surface area is 167 Å². The monoisotopic (exact) mass is 454 g/mol. The molecule has 1 aromatic rings. The molecule has 0 aliphatic carbocycles. The summed E-state index contributed by atoms with van der Waals surface area (Å²) in [5, 5.41) is 13.2. The fraction of sp³-hybridized carbons (Fsp3) is 0.438. The Hall–Kier alpha value is -0.400. The first-order valence-corrected chi connectivity index (χ1v) is 9.15. The number of thioether (sulfide) groups is 1. The second-order valence-electron chi connectivity index (χ2n) is 5.25. The number of aliphatic hydroxyl groups is 1. The topological polar surface area (TPSA) is 52.6 Å². The summed E-state index contributed by atoms with van der Waals surface area (Å²) in [7, 11) is 0. The highest BCUT2D eigenvalue weighted by Gasteiger charge is 2.21. The number of nitrogens with zero attached hydrogens (tertiary/aromatic N) is 1. The molecule has 2 N–H and O–H groups in total. The lowest BCUT2D eigenvalue weighted by molar-refractivity contribution is -0.121. The summed E-state index contributed by atoms with van der Waals surface area (Å²) >= 11 is 13.9. The minimum absolute atomic E-state index is 0. The third kappa shape index (κ3) is 5.85. The average molecular weight is 456 g/mol. The number of amides is 1. The van der Waals surface area contributed by atoms with Gasteiger partial charge in [-0.25, -0.2) is 0 Å². The van der Waals surface area contributed by atoms with E-state index >= 15 is 0 Å². The highest BCUT2D eigenvalue weighted by Crippen LogP contribution is 2.33. The third-order valence-corrected chi connectivity index (χ3v) is 5.70. The highest BCUT2D eigenvalue weighted by molar-refractivity contribution is 8.93. The predicted molar refractivity (Wildman–Crippen MR) is 107 cm³/mol. The highest BCUT2D eigenvalue weighted by atomic mass is 79.9. The van der Waals surface area contributed by atoms with Crippen LogP contribution in [0.5, 0.6) is 0 Å². The van der Waals surface area contributed by atoms with Crippen molar-refractivity contribution in [3.8, 4) is 0 Å². The maximum atomic E-state index is 12.1. The molecule has 1 amide bonds.